The summed E-state index contributed by atoms with van der Waals surface area (Å²) in [6, 6.07) is 0. The van der Waals surface area contributed by atoms with Crippen LogP contribution in [0, 0.1) is 0 Å². The summed E-state index contributed by atoms with van der Waals surface area (Å²) in [5.74, 6) is 0. The van der Waals surface area contributed by atoms with Gasteiger partial charge in [-0.25, -0.2) is 8.78 Å². The predicted molar refractivity (Wildman–Crippen MR) is 35.6 cm³/mol. The first-order valence-corrected chi connectivity index (χ1v) is 3.70. The Labute approximate surface area is 64.2 Å². The third-order valence-electron chi connectivity index (χ3n) is 1.97. The Balaban J connectivity index is 2.26. The summed E-state index contributed by atoms with van der Waals surface area (Å²) in [6.45, 7) is 2.32. The van der Waals surface area contributed by atoms with E-state index in [2.05, 4.69) is 0 Å². The van der Waals surface area contributed by atoms with Gasteiger partial charge in [-0.05, 0) is 6.92 Å². The molecule has 1 saturated carbocycles. The number of halogens is 2. The van der Waals surface area contributed by atoms with Crippen molar-refractivity contribution in [2.24, 2.45) is 0 Å². The molecular weight excluding hydrogens is 154 g/mol. The Morgan fingerprint density at radius 3 is 2.55 bits per heavy atom. The summed E-state index contributed by atoms with van der Waals surface area (Å²) in [4.78, 5) is 0. The Kier molecular flexibility index (Phi) is 2.44. The second kappa shape index (κ2) is 3.03. The molecule has 1 rings (SSSR count). The van der Waals surface area contributed by atoms with E-state index in [1.807, 2.05) is 0 Å². The smallest absolute Gasteiger partial charge is 0.267 e. The summed E-state index contributed by atoms with van der Waals surface area (Å²) in [5.41, 5.74) is -1.76. The maximum absolute atomic E-state index is 12.0. The molecule has 0 bridgehead atoms. The van der Waals surface area contributed by atoms with E-state index in [1.54, 1.807) is 6.92 Å². The van der Waals surface area contributed by atoms with E-state index in [0.29, 0.717) is 6.61 Å². The van der Waals surface area contributed by atoms with Crippen molar-refractivity contribution in [1.29, 1.82) is 0 Å². The molecule has 0 amide bonds. The van der Waals surface area contributed by atoms with Gasteiger partial charge in [0, 0.05) is 19.4 Å². The first-order chi connectivity index (χ1) is 5.08. The Morgan fingerprint density at radius 2 is 2.18 bits per heavy atom. The molecule has 0 radical (unpaired) electrons. The second-order valence-corrected chi connectivity index (χ2v) is 2.89. The molecule has 1 aliphatic carbocycles. The van der Waals surface area contributed by atoms with Crippen LogP contribution in [0.4, 0.5) is 8.78 Å². The minimum Gasteiger partial charge on any atom is -0.384 e. The van der Waals surface area contributed by atoms with Crippen molar-refractivity contribution < 1.29 is 18.6 Å². The zero-order valence-electron chi connectivity index (χ0n) is 6.39. The first-order valence-electron chi connectivity index (χ1n) is 3.70. The summed E-state index contributed by atoms with van der Waals surface area (Å²) in [5, 5.41) is 9.05. The van der Waals surface area contributed by atoms with E-state index < -0.39 is 12.0 Å². The van der Waals surface area contributed by atoms with E-state index in [9.17, 15) is 8.78 Å². The fourth-order valence-electron chi connectivity index (χ4n) is 1.26. The van der Waals surface area contributed by atoms with Crippen LogP contribution in [0.3, 0.4) is 0 Å². The van der Waals surface area contributed by atoms with Crippen LogP contribution < -0.4 is 0 Å². The highest BCUT2D eigenvalue weighted by Crippen LogP contribution is 2.38. The summed E-state index contributed by atoms with van der Waals surface area (Å²) in [6.07, 6.45) is -2.67. The third kappa shape index (κ3) is 1.68. The van der Waals surface area contributed by atoms with Gasteiger partial charge in [0.1, 0.15) is 5.60 Å². The molecule has 11 heavy (non-hydrogen) atoms. The SMILES string of the molecule is CCOC1CC(O)(C(F)F)C1. The van der Waals surface area contributed by atoms with Gasteiger partial charge in [0.2, 0.25) is 0 Å². The van der Waals surface area contributed by atoms with Gasteiger partial charge >= 0.3 is 0 Å². The standard InChI is InChI=1S/C7H12F2O2/c1-2-11-5-3-7(10,4-5)6(8)9/h5-6,10H,2-4H2,1H3. The largest absolute Gasteiger partial charge is 0.384 e. The van der Waals surface area contributed by atoms with Gasteiger partial charge in [0.05, 0.1) is 6.10 Å². The van der Waals surface area contributed by atoms with Gasteiger partial charge in [0.25, 0.3) is 6.43 Å². The first kappa shape index (κ1) is 8.87. The number of ether oxygens (including phenoxy) is 1. The molecule has 0 aliphatic heterocycles. The van der Waals surface area contributed by atoms with E-state index in [-0.39, 0.29) is 18.9 Å². The van der Waals surface area contributed by atoms with Crippen LogP contribution in [0.5, 0.6) is 0 Å². The molecule has 1 N–H and O–H groups in total. The van der Waals surface area contributed by atoms with Crippen molar-refractivity contribution in [3.63, 3.8) is 0 Å². The number of hydrogen-bond acceptors (Lipinski definition) is 2. The molecular formula is C7H12F2O2. The number of hydrogen-bond donors (Lipinski definition) is 1. The maximum Gasteiger partial charge on any atom is 0.267 e. The van der Waals surface area contributed by atoms with E-state index in [0.717, 1.165) is 0 Å². The predicted octanol–water partition coefficient (Wildman–Crippen LogP) is 1.18. The van der Waals surface area contributed by atoms with Crippen molar-refractivity contribution in [2.75, 3.05) is 6.61 Å². The topological polar surface area (TPSA) is 29.5 Å². The summed E-state index contributed by atoms with van der Waals surface area (Å²) < 4.78 is 29.0. The van der Waals surface area contributed by atoms with Crippen molar-refractivity contribution in [2.45, 2.75) is 37.9 Å². The van der Waals surface area contributed by atoms with Gasteiger partial charge in [-0.3, -0.25) is 0 Å². The monoisotopic (exact) mass is 166 g/mol. The molecule has 0 spiro atoms. The van der Waals surface area contributed by atoms with Gasteiger partial charge in [-0.2, -0.15) is 0 Å². The minimum absolute atomic E-state index is 0.0680. The molecule has 0 aromatic carbocycles. The zero-order chi connectivity index (χ0) is 8.48. The van der Waals surface area contributed by atoms with Crippen LogP contribution in [0.2, 0.25) is 0 Å². The van der Waals surface area contributed by atoms with Gasteiger partial charge in [-0.1, -0.05) is 0 Å². The highest BCUT2D eigenvalue weighted by molar-refractivity contribution is 4.97. The number of aliphatic hydroxyl groups is 1. The number of alkyl halides is 2. The average Bonchev–Trinajstić information content (AvgIpc) is 1.84. The molecule has 0 unspecified atom stereocenters. The summed E-state index contributed by atoms with van der Waals surface area (Å²) >= 11 is 0. The van der Waals surface area contributed by atoms with Crippen LogP contribution in [0.15, 0.2) is 0 Å². The van der Waals surface area contributed by atoms with Gasteiger partial charge in [0.15, 0.2) is 0 Å². The lowest BCUT2D eigenvalue weighted by atomic mass is 9.78. The quantitative estimate of drug-likeness (QED) is 0.682. The van der Waals surface area contributed by atoms with Crippen LogP contribution in [0.1, 0.15) is 19.8 Å². The van der Waals surface area contributed by atoms with E-state index in [4.69, 9.17) is 9.84 Å². The Hall–Kier alpha value is -0.220. The Bertz CT molecular complexity index is 132. The van der Waals surface area contributed by atoms with E-state index >= 15 is 0 Å². The molecule has 1 fully saturated rings. The van der Waals surface area contributed by atoms with Crippen LogP contribution >= 0.6 is 0 Å². The summed E-state index contributed by atoms with van der Waals surface area (Å²) in [7, 11) is 0. The number of rotatable bonds is 3. The van der Waals surface area contributed by atoms with Crippen LogP contribution in [-0.4, -0.2) is 29.8 Å². The molecule has 2 nitrogen and oxygen atoms in total. The van der Waals surface area contributed by atoms with E-state index in [1.165, 1.54) is 0 Å². The molecule has 1 aliphatic rings. The molecule has 0 atom stereocenters. The average molecular weight is 166 g/mol. The van der Waals surface area contributed by atoms with Crippen molar-refractivity contribution >= 4 is 0 Å². The molecule has 0 heterocycles. The maximum atomic E-state index is 12.0. The molecule has 66 valence electrons. The molecule has 4 heteroatoms. The fraction of sp³-hybridized carbons (Fsp3) is 1.00. The van der Waals surface area contributed by atoms with Crippen LogP contribution in [0.25, 0.3) is 0 Å². The van der Waals surface area contributed by atoms with Crippen LogP contribution in [-0.2, 0) is 4.74 Å². The van der Waals surface area contributed by atoms with Crippen molar-refractivity contribution in [1.82, 2.24) is 0 Å². The lowest BCUT2D eigenvalue weighted by Gasteiger charge is -2.42. The normalized spacial score (nSPS) is 37.4. The van der Waals surface area contributed by atoms with Gasteiger partial charge < -0.3 is 9.84 Å². The lowest BCUT2D eigenvalue weighted by Crippen LogP contribution is -2.53. The van der Waals surface area contributed by atoms with Crippen molar-refractivity contribution in [3.8, 4) is 0 Å². The minimum atomic E-state index is -2.64. The Morgan fingerprint density at radius 1 is 1.64 bits per heavy atom. The zero-order valence-corrected chi connectivity index (χ0v) is 6.39. The highest BCUT2D eigenvalue weighted by Gasteiger charge is 2.50. The molecule has 0 saturated heterocycles. The lowest BCUT2D eigenvalue weighted by molar-refractivity contribution is -0.200. The molecule has 0 aromatic heterocycles. The highest BCUT2D eigenvalue weighted by atomic mass is 19.3. The molecule has 0 aromatic rings. The second-order valence-electron chi connectivity index (χ2n) is 2.89. The fourth-order valence-corrected chi connectivity index (χ4v) is 1.26. The third-order valence-corrected chi connectivity index (χ3v) is 1.97. The van der Waals surface area contributed by atoms with Crippen molar-refractivity contribution in [3.05, 3.63) is 0 Å². The van der Waals surface area contributed by atoms with Gasteiger partial charge in [-0.15, -0.1) is 0 Å².